The van der Waals surface area contributed by atoms with Crippen LogP contribution < -0.4 is 5.32 Å². The first kappa shape index (κ1) is 16.1. The maximum absolute atomic E-state index is 12.4. The lowest BCUT2D eigenvalue weighted by Gasteiger charge is -2.15. The van der Waals surface area contributed by atoms with Crippen molar-refractivity contribution in [1.82, 2.24) is 4.98 Å². The molecule has 0 saturated carbocycles. The second kappa shape index (κ2) is 7.10. The molecular weight excluding hydrogens is 294 g/mol. The van der Waals surface area contributed by atoms with E-state index >= 15 is 0 Å². The molecule has 0 aliphatic heterocycles. The fourth-order valence-corrected chi connectivity index (χ4v) is 2.86. The summed E-state index contributed by atoms with van der Waals surface area (Å²) in [6.07, 6.45) is 1.58. The number of rotatable bonds is 4. The Morgan fingerprint density at radius 2 is 2.00 bits per heavy atom. The molecule has 1 amide bonds. The largest absolute Gasteiger partial charge is 0.325 e. The van der Waals surface area contributed by atoms with Crippen molar-refractivity contribution in [3.63, 3.8) is 0 Å². The lowest BCUT2D eigenvalue weighted by atomic mass is 10.1. The standard InChI is InChI=1S/C17H17N3OS/c1-11-5-4-6-12(2)16(11)20-17(21)13(3)22-15-9-14(10-18)7-8-19-15/h4-9,13H,1-3H3,(H,20,21). The van der Waals surface area contributed by atoms with Crippen LogP contribution in [0.5, 0.6) is 0 Å². The van der Waals surface area contributed by atoms with Gasteiger partial charge in [0, 0.05) is 11.9 Å². The fourth-order valence-electron chi connectivity index (χ4n) is 2.01. The zero-order valence-electron chi connectivity index (χ0n) is 12.8. The lowest BCUT2D eigenvalue weighted by molar-refractivity contribution is -0.115. The van der Waals surface area contributed by atoms with Crippen molar-refractivity contribution in [3.05, 3.63) is 53.2 Å². The van der Waals surface area contributed by atoms with Crippen LogP contribution in [0.4, 0.5) is 5.69 Å². The molecule has 0 saturated heterocycles. The number of carbonyl (C=O) groups excluding carboxylic acids is 1. The summed E-state index contributed by atoms with van der Waals surface area (Å²) in [5.41, 5.74) is 3.48. The predicted octanol–water partition coefficient (Wildman–Crippen LogP) is 3.69. The van der Waals surface area contributed by atoms with Crippen LogP contribution in [-0.2, 0) is 4.79 Å². The van der Waals surface area contributed by atoms with Gasteiger partial charge >= 0.3 is 0 Å². The Labute approximate surface area is 134 Å². The van der Waals surface area contributed by atoms with Gasteiger partial charge in [-0.1, -0.05) is 30.0 Å². The summed E-state index contributed by atoms with van der Waals surface area (Å²) < 4.78 is 0. The molecule has 1 heterocycles. The highest BCUT2D eigenvalue weighted by atomic mass is 32.2. The summed E-state index contributed by atoms with van der Waals surface area (Å²) in [5.74, 6) is -0.0773. The zero-order valence-corrected chi connectivity index (χ0v) is 13.6. The van der Waals surface area contributed by atoms with Gasteiger partial charge in [0.1, 0.15) is 0 Å². The molecule has 1 N–H and O–H groups in total. The first-order valence-corrected chi connectivity index (χ1v) is 7.79. The molecule has 0 bridgehead atoms. The van der Waals surface area contributed by atoms with Crippen LogP contribution in [0.15, 0.2) is 41.6 Å². The van der Waals surface area contributed by atoms with E-state index in [0.29, 0.717) is 10.6 Å². The highest BCUT2D eigenvalue weighted by Gasteiger charge is 2.17. The smallest absolute Gasteiger partial charge is 0.237 e. The molecule has 1 atom stereocenters. The number of aromatic nitrogens is 1. The van der Waals surface area contributed by atoms with Crippen molar-refractivity contribution in [2.24, 2.45) is 0 Å². The Morgan fingerprint density at radius 3 is 2.64 bits per heavy atom. The summed E-state index contributed by atoms with van der Waals surface area (Å²) >= 11 is 1.34. The van der Waals surface area contributed by atoms with Gasteiger partial charge in [0.15, 0.2) is 0 Å². The number of nitrogens with one attached hydrogen (secondary N) is 1. The van der Waals surface area contributed by atoms with Gasteiger partial charge < -0.3 is 5.32 Å². The Bertz CT molecular complexity index is 717. The minimum Gasteiger partial charge on any atom is -0.325 e. The summed E-state index contributed by atoms with van der Waals surface area (Å²) in [6, 6.07) is 11.3. The van der Waals surface area contributed by atoms with Crippen LogP contribution in [0, 0.1) is 25.2 Å². The van der Waals surface area contributed by atoms with E-state index in [-0.39, 0.29) is 11.2 Å². The van der Waals surface area contributed by atoms with E-state index in [2.05, 4.69) is 16.4 Å². The number of aryl methyl sites for hydroxylation is 2. The van der Waals surface area contributed by atoms with E-state index in [9.17, 15) is 4.79 Å². The number of para-hydroxylation sites is 1. The molecular formula is C17H17N3OS. The third kappa shape index (κ3) is 3.86. The normalized spacial score (nSPS) is 11.5. The highest BCUT2D eigenvalue weighted by Crippen LogP contribution is 2.25. The molecule has 4 nitrogen and oxygen atoms in total. The molecule has 0 spiro atoms. The molecule has 5 heteroatoms. The third-order valence-corrected chi connectivity index (χ3v) is 4.29. The number of pyridine rings is 1. The van der Waals surface area contributed by atoms with Crippen molar-refractivity contribution in [2.45, 2.75) is 31.0 Å². The van der Waals surface area contributed by atoms with E-state index in [4.69, 9.17) is 5.26 Å². The van der Waals surface area contributed by atoms with Crippen LogP contribution >= 0.6 is 11.8 Å². The van der Waals surface area contributed by atoms with Crippen LogP contribution in [-0.4, -0.2) is 16.1 Å². The summed E-state index contributed by atoms with van der Waals surface area (Å²) in [4.78, 5) is 16.5. The van der Waals surface area contributed by atoms with E-state index in [0.717, 1.165) is 16.8 Å². The van der Waals surface area contributed by atoms with E-state index < -0.39 is 0 Å². The first-order chi connectivity index (χ1) is 10.5. The number of hydrogen-bond acceptors (Lipinski definition) is 4. The van der Waals surface area contributed by atoms with Crippen LogP contribution in [0.25, 0.3) is 0 Å². The Kier molecular flexibility index (Phi) is 5.18. The van der Waals surface area contributed by atoms with Crippen molar-refractivity contribution in [2.75, 3.05) is 5.32 Å². The molecule has 0 fully saturated rings. The van der Waals surface area contributed by atoms with Crippen molar-refractivity contribution in [3.8, 4) is 6.07 Å². The Morgan fingerprint density at radius 1 is 1.32 bits per heavy atom. The second-order valence-electron chi connectivity index (χ2n) is 5.01. The zero-order chi connectivity index (χ0) is 16.1. The molecule has 1 aromatic heterocycles. The number of amides is 1. The van der Waals surface area contributed by atoms with Crippen LogP contribution in [0.1, 0.15) is 23.6 Å². The van der Waals surface area contributed by atoms with Gasteiger partial charge in [-0.05, 0) is 44.0 Å². The average molecular weight is 311 g/mol. The van der Waals surface area contributed by atoms with Gasteiger partial charge in [-0.2, -0.15) is 5.26 Å². The maximum atomic E-state index is 12.4. The lowest BCUT2D eigenvalue weighted by Crippen LogP contribution is -2.23. The monoisotopic (exact) mass is 311 g/mol. The Balaban J connectivity index is 2.08. The van der Waals surface area contributed by atoms with Gasteiger partial charge in [0.25, 0.3) is 0 Å². The second-order valence-corrected chi connectivity index (χ2v) is 6.37. The molecule has 2 rings (SSSR count). The van der Waals surface area contributed by atoms with Gasteiger partial charge in [0.05, 0.1) is 21.9 Å². The SMILES string of the molecule is Cc1cccc(C)c1NC(=O)C(C)Sc1cc(C#N)ccn1. The third-order valence-electron chi connectivity index (χ3n) is 3.26. The van der Waals surface area contributed by atoms with Crippen molar-refractivity contribution in [1.29, 1.82) is 5.26 Å². The highest BCUT2D eigenvalue weighted by molar-refractivity contribution is 8.00. The topological polar surface area (TPSA) is 65.8 Å². The van der Waals surface area contributed by atoms with Gasteiger partial charge in [0.2, 0.25) is 5.91 Å². The average Bonchev–Trinajstić information content (AvgIpc) is 2.51. The first-order valence-electron chi connectivity index (χ1n) is 6.91. The van der Waals surface area contributed by atoms with E-state index in [1.165, 1.54) is 11.8 Å². The van der Waals surface area contributed by atoms with E-state index in [1.807, 2.05) is 39.0 Å². The number of nitriles is 1. The number of nitrogens with zero attached hydrogens (tertiary/aromatic N) is 2. The van der Waals surface area contributed by atoms with Crippen LogP contribution in [0.2, 0.25) is 0 Å². The summed E-state index contributed by atoms with van der Waals surface area (Å²) in [7, 11) is 0. The van der Waals surface area contributed by atoms with Crippen LogP contribution in [0.3, 0.4) is 0 Å². The minimum atomic E-state index is -0.305. The number of thioether (sulfide) groups is 1. The molecule has 1 aromatic carbocycles. The molecule has 0 aliphatic carbocycles. The number of carbonyl (C=O) groups is 1. The molecule has 0 radical (unpaired) electrons. The minimum absolute atomic E-state index is 0.0773. The Hall–Kier alpha value is -2.32. The number of benzene rings is 1. The predicted molar refractivity (Wildman–Crippen MR) is 88.8 cm³/mol. The van der Waals surface area contributed by atoms with Gasteiger partial charge in [-0.3, -0.25) is 4.79 Å². The number of anilines is 1. The van der Waals surface area contributed by atoms with Crippen molar-refractivity contribution >= 4 is 23.4 Å². The molecule has 22 heavy (non-hydrogen) atoms. The molecule has 2 aromatic rings. The van der Waals surface area contributed by atoms with Crippen molar-refractivity contribution < 1.29 is 4.79 Å². The number of hydrogen-bond donors (Lipinski definition) is 1. The fraction of sp³-hybridized carbons (Fsp3) is 0.235. The molecule has 112 valence electrons. The summed E-state index contributed by atoms with van der Waals surface area (Å²) in [5, 5.41) is 12.2. The molecule has 0 aliphatic rings. The van der Waals surface area contributed by atoms with E-state index in [1.54, 1.807) is 18.3 Å². The molecule has 1 unspecified atom stereocenters. The maximum Gasteiger partial charge on any atom is 0.237 e. The summed E-state index contributed by atoms with van der Waals surface area (Å²) in [6.45, 7) is 5.77. The quantitative estimate of drug-likeness (QED) is 0.875. The van der Waals surface area contributed by atoms with Gasteiger partial charge in [-0.25, -0.2) is 4.98 Å². The van der Waals surface area contributed by atoms with Gasteiger partial charge in [-0.15, -0.1) is 0 Å².